The molecule has 1 aliphatic heterocycles. The molecule has 3 heterocycles. The summed E-state index contributed by atoms with van der Waals surface area (Å²) in [7, 11) is 6.19. The van der Waals surface area contributed by atoms with Crippen LogP contribution in [0.2, 0.25) is 0 Å². The van der Waals surface area contributed by atoms with Gasteiger partial charge in [-0.25, -0.2) is 4.79 Å². The first-order chi connectivity index (χ1) is 18.7. The van der Waals surface area contributed by atoms with E-state index in [0.29, 0.717) is 66.9 Å². The van der Waals surface area contributed by atoms with Gasteiger partial charge >= 0.3 is 5.69 Å². The van der Waals surface area contributed by atoms with E-state index < -0.39 is 5.69 Å². The average molecular weight is 533 g/mol. The summed E-state index contributed by atoms with van der Waals surface area (Å²) in [5.41, 5.74) is 2.56. The second-order valence-corrected chi connectivity index (χ2v) is 9.71. The van der Waals surface area contributed by atoms with Gasteiger partial charge in [0.15, 0.2) is 22.7 Å². The van der Waals surface area contributed by atoms with Crippen molar-refractivity contribution in [2.75, 3.05) is 45.3 Å². The third kappa shape index (κ3) is 4.64. The summed E-state index contributed by atoms with van der Waals surface area (Å²) in [5, 5.41) is 0. The molecule has 11 heteroatoms. The molecule has 5 rings (SSSR count). The number of carbonyl (C=O) groups is 1. The highest BCUT2D eigenvalue weighted by molar-refractivity contribution is 5.95. The zero-order chi connectivity index (χ0) is 27.8. The Balaban J connectivity index is 1.47. The smallest absolute Gasteiger partial charge is 0.332 e. The topological polar surface area (TPSA) is 104 Å². The average Bonchev–Trinajstić information content (AvgIpc) is 3.33. The molecule has 1 aliphatic rings. The van der Waals surface area contributed by atoms with Crippen LogP contribution in [0.15, 0.2) is 52.1 Å². The van der Waals surface area contributed by atoms with Crippen molar-refractivity contribution in [1.29, 1.82) is 0 Å². The fraction of sp³-hybridized carbons (Fsp3) is 0.357. The lowest BCUT2D eigenvalue weighted by atomic mass is 10.1. The van der Waals surface area contributed by atoms with Crippen LogP contribution in [0.3, 0.4) is 0 Å². The molecule has 39 heavy (non-hydrogen) atoms. The molecule has 0 aliphatic carbocycles. The van der Waals surface area contributed by atoms with Crippen molar-refractivity contribution >= 4 is 23.0 Å². The van der Waals surface area contributed by atoms with Crippen LogP contribution in [-0.4, -0.2) is 69.9 Å². The standard InChI is InChI=1S/C28H32N6O5/c1-18-7-6-8-19(15-18)17-34-23-24(30(2)28(37)31(3)26(23)36)29-27(34)33-13-11-32(12-14-33)25(35)20-9-10-21(38-4)22(16-20)39-5/h6-10,15-16H,11-14,17H2,1-5H3. The zero-order valence-electron chi connectivity index (χ0n) is 22.8. The summed E-state index contributed by atoms with van der Waals surface area (Å²) in [6, 6.07) is 13.2. The maximum atomic E-state index is 13.3. The Kier molecular flexibility index (Phi) is 6.90. The van der Waals surface area contributed by atoms with Crippen LogP contribution in [0.1, 0.15) is 21.5 Å². The summed E-state index contributed by atoms with van der Waals surface area (Å²) >= 11 is 0. The molecule has 0 radical (unpaired) electrons. The number of amides is 1. The first-order valence-corrected chi connectivity index (χ1v) is 12.7. The molecular weight excluding hydrogens is 500 g/mol. The molecule has 11 nitrogen and oxygen atoms in total. The Morgan fingerprint density at radius 3 is 2.31 bits per heavy atom. The molecular formula is C28H32N6O5. The third-order valence-corrected chi connectivity index (χ3v) is 7.23. The minimum Gasteiger partial charge on any atom is -0.493 e. The predicted molar refractivity (Wildman–Crippen MR) is 148 cm³/mol. The highest BCUT2D eigenvalue weighted by atomic mass is 16.5. The number of aromatic nitrogens is 4. The van der Waals surface area contributed by atoms with Gasteiger partial charge in [0.05, 0.1) is 20.8 Å². The Hall–Kier alpha value is -4.54. The number of fused-ring (bicyclic) bond motifs is 1. The summed E-state index contributed by atoms with van der Waals surface area (Å²) < 4.78 is 15.0. The van der Waals surface area contributed by atoms with Crippen LogP contribution in [0.4, 0.5) is 5.95 Å². The van der Waals surface area contributed by atoms with Crippen molar-refractivity contribution in [3.63, 3.8) is 0 Å². The number of piperazine rings is 1. The molecule has 0 bridgehead atoms. The van der Waals surface area contributed by atoms with Gasteiger partial charge in [-0.05, 0) is 30.7 Å². The molecule has 204 valence electrons. The summed E-state index contributed by atoms with van der Waals surface area (Å²) in [5.74, 6) is 1.56. The van der Waals surface area contributed by atoms with Gasteiger partial charge in [-0.15, -0.1) is 0 Å². The molecule has 2 aromatic carbocycles. The van der Waals surface area contributed by atoms with E-state index >= 15 is 0 Å². The number of hydrogen-bond acceptors (Lipinski definition) is 7. The van der Waals surface area contributed by atoms with E-state index in [4.69, 9.17) is 14.5 Å². The highest BCUT2D eigenvalue weighted by Crippen LogP contribution is 2.29. The largest absolute Gasteiger partial charge is 0.493 e. The van der Waals surface area contributed by atoms with Gasteiger partial charge in [0.1, 0.15) is 0 Å². The van der Waals surface area contributed by atoms with Crippen molar-refractivity contribution in [2.45, 2.75) is 13.5 Å². The van der Waals surface area contributed by atoms with Gasteiger partial charge in [0.2, 0.25) is 5.95 Å². The molecule has 1 fully saturated rings. The van der Waals surface area contributed by atoms with Gasteiger partial charge in [0, 0.05) is 45.8 Å². The van der Waals surface area contributed by atoms with Gasteiger partial charge in [0.25, 0.3) is 11.5 Å². The molecule has 0 spiro atoms. The van der Waals surface area contributed by atoms with Crippen LogP contribution in [0.5, 0.6) is 11.5 Å². The van der Waals surface area contributed by atoms with E-state index in [-0.39, 0.29) is 11.5 Å². The number of nitrogens with zero attached hydrogens (tertiary/aromatic N) is 6. The normalized spacial score (nSPS) is 13.7. The van der Waals surface area contributed by atoms with E-state index in [1.54, 1.807) is 37.3 Å². The lowest BCUT2D eigenvalue weighted by Gasteiger charge is -2.35. The fourth-order valence-electron chi connectivity index (χ4n) is 5.08. The van der Waals surface area contributed by atoms with E-state index in [1.807, 2.05) is 29.7 Å². The molecule has 0 N–H and O–H groups in total. The summed E-state index contributed by atoms with van der Waals surface area (Å²) in [6.07, 6.45) is 0. The minimum absolute atomic E-state index is 0.0971. The highest BCUT2D eigenvalue weighted by Gasteiger charge is 2.28. The molecule has 2 aromatic heterocycles. The maximum absolute atomic E-state index is 13.3. The van der Waals surface area contributed by atoms with Gasteiger partial charge in [-0.3, -0.25) is 23.3 Å². The van der Waals surface area contributed by atoms with Crippen molar-refractivity contribution in [1.82, 2.24) is 23.6 Å². The first kappa shape index (κ1) is 26.1. The number of methoxy groups -OCH3 is 2. The van der Waals surface area contributed by atoms with E-state index in [0.717, 1.165) is 15.7 Å². The number of hydrogen-bond donors (Lipinski definition) is 0. The predicted octanol–water partition coefficient (Wildman–Crippen LogP) is 1.77. The monoisotopic (exact) mass is 532 g/mol. The van der Waals surface area contributed by atoms with Crippen molar-refractivity contribution in [2.24, 2.45) is 14.1 Å². The van der Waals surface area contributed by atoms with E-state index in [2.05, 4.69) is 11.0 Å². The SMILES string of the molecule is COc1ccc(C(=O)N2CCN(c3nc4c(c(=O)n(C)c(=O)n4C)n3Cc3cccc(C)c3)CC2)cc1OC. The summed E-state index contributed by atoms with van der Waals surface area (Å²) in [4.78, 5) is 47.8. The first-order valence-electron chi connectivity index (χ1n) is 12.7. The minimum atomic E-state index is -0.426. The second kappa shape index (κ2) is 10.3. The van der Waals surface area contributed by atoms with Crippen LogP contribution in [-0.2, 0) is 20.6 Å². The van der Waals surface area contributed by atoms with Gasteiger partial charge < -0.3 is 19.3 Å². The number of aryl methyl sites for hydroxylation is 2. The number of carbonyl (C=O) groups excluding carboxylic acids is 1. The quantitative estimate of drug-likeness (QED) is 0.373. The lowest BCUT2D eigenvalue weighted by molar-refractivity contribution is 0.0745. The number of rotatable bonds is 6. The Morgan fingerprint density at radius 1 is 0.923 bits per heavy atom. The molecule has 0 atom stereocenters. The molecule has 1 saturated heterocycles. The lowest BCUT2D eigenvalue weighted by Crippen LogP contribution is -2.49. The Morgan fingerprint density at radius 2 is 1.64 bits per heavy atom. The van der Waals surface area contributed by atoms with Crippen molar-refractivity contribution in [3.05, 3.63) is 80.0 Å². The number of benzene rings is 2. The van der Waals surface area contributed by atoms with Crippen molar-refractivity contribution < 1.29 is 14.3 Å². The van der Waals surface area contributed by atoms with Gasteiger partial charge in [-0.1, -0.05) is 29.8 Å². The molecule has 0 unspecified atom stereocenters. The van der Waals surface area contributed by atoms with Crippen molar-refractivity contribution in [3.8, 4) is 11.5 Å². The fourth-order valence-corrected chi connectivity index (χ4v) is 5.08. The van der Waals surface area contributed by atoms with Crippen LogP contribution >= 0.6 is 0 Å². The van der Waals surface area contributed by atoms with Crippen LogP contribution < -0.4 is 25.6 Å². The zero-order valence-corrected chi connectivity index (χ0v) is 22.8. The molecule has 1 amide bonds. The number of imidazole rings is 1. The Bertz CT molecular complexity index is 1680. The Labute approximate surface area is 225 Å². The maximum Gasteiger partial charge on any atom is 0.332 e. The van der Waals surface area contributed by atoms with Crippen LogP contribution in [0.25, 0.3) is 11.2 Å². The summed E-state index contributed by atoms with van der Waals surface area (Å²) in [6.45, 7) is 4.42. The molecule has 4 aromatic rings. The van der Waals surface area contributed by atoms with Crippen LogP contribution in [0, 0.1) is 6.92 Å². The third-order valence-electron chi connectivity index (χ3n) is 7.23. The van der Waals surface area contributed by atoms with Gasteiger partial charge in [-0.2, -0.15) is 4.98 Å². The van der Waals surface area contributed by atoms with E-state index in [9.17, 15) is 14.4 Å². The number of ether oxygens (including phenoxy) is 2. The second-order valence-electron chi connectivity index (χ2n) is 9.71. The molecule has 0 saturated carbocycles. The van der Waals surface area contributed by atoms with E-state index in [1.165, 1.54) is 18.7 Å². The number of anilines is 1.